The van der Waals surface area contributed by atoms with Crippen LogP contribution in [0.2, 0.25) is 0 Å². The van der Waals surface area contributed by atoms with E-state index in [4.69, 9.17) is 19.0 Å². The SMILES string of the molecule is COCCOCC(=O)NCCCC[C@H](NC(=O)OCc1ccccc1)C(=O)ON1C(=O)CCC1=O. The van der Waals surface area contributed by atoms with Crippen molar-refractivity contribution in [1.82, 2.24) is 15.7 Å². The van der Waals surface area contributed by atoms with Crippen molar-refractivity contribution in [3.05, 3.63) is 35.9 Å². The van der Waals surface area contributed by atoms with Gasteiger partial charge in [0.05, 0.1) is 13.2 Å². The molecule has 192 valence electrons. The van der Waals surface area contributed by atoms with Gasteiger partial charge in [-0.05, 0) is 24.8 Å². The maximum Gasteiger partial charge on any atom is 0.408 e. The molecule has 1 aromatic rings. The van der Waals surface area contributed by atoms with Gasteiger partial charge in [-0.2, -0.15) is 0 Å². The van der Waals surface area contributed by atoms with Crippen LogP contribution < -0.4 is 10.6 Å². The minimum absolute atomic E-state index is 0.00395. The summed E-state index contributed by atoms with van der Waals surface area (Å²) in [7, 11) is 1.53. The normalized spacial score (nSPS) is 13.9. The molecule has 0 bridgehead atoms. The number of benzene rings is 1. The smallest absolute Gasteiger partial charge is 0.408 e. The van der Waals surface area contributed by atoms with Gasteiger partial charge in [-0.15, -0.1) is 5.06 Å². The molecular formula is C23H31N3O9. The number of carbonyl (C=O) groups is 5. The van der Waals surface area contributed by atoms with Crippen molar-refractivity contribution in [3.63, 3.8) is 0 Å². The molecule has 1 atom stereocenters. The monoisotopic (exact) mass is 493 g/mol. The minimum atomic E-state index is -1.16. The van der Waals surface area contributed by atoms with E-state index in [-0.39, 0.29) is 38.4 Å². The first-order valence-electron chi connectivity index (χ1n) is 11.3. The van der Waals surface area contributed by atoms with E-state index in [1.54, 1.807) is 24.3 Å². The number of nitrogens with zero attached hydrogens (tertiary/aromatic N) is 1. The van der Waals surface area contributed by atoms with Crippen LogP contribution >= 0.6 is 0 Å². The molecule has 0 aliphatic carbocycles. The number of amides is 4. The Morgan fingerprint density at radius 3 is 2.43 bits per heavy atom. The molecule has 12 heteroatoms. The van der Waals surface area contributed by atoms with Crippen LogP contribution in [0.1, 0.15) is 37.7 Å². The molecule has 0 unspecified atom stereocenters. The molecule has 0 radical (unpaired) electrons. The standard InChI is InChI=1S/C23H31N3O9/c1-32-13-14-33-16-19(27)24-12-6-5-9-18(22(30)35-26-20(28)10-11-21(26)29)25-23(31)34-15-17-7-3-2-4-8-17/h2-4,7-8,18H,5-6,9-16H2,1H3,(H,24,27)(H,25,31)/t18-/m0/s1. The van der Waals surface area contributed by atoms with E-state index in [1.165, 1.54) is 7.11 Å². The molecule has 4 amide bonds. The molecule has 1 aliphatic heterocycles. The van der Waals surface area contributed by atoms with Gasteiger partial charge in [0.25, 0.3) is 11.8 Å². The number of nitrogens with one attached hydrogen (secondary N) is 2. The number of imide groups is 1. The maximum atomic E-state index is 12.6. The zero-order valence-electron chi connectivity index (χ0n) is 19.7. The first kappa shape index (κ1) is 27.7. The van der Waals surface area contributed by atoms with Gasteiger partial charge in [0, 0.05) is 26.5 Å². The van der Waals surface area contributed by atoms with Crippen molar-refractivity contribution in [1.29, 1.82) is 0 Å². The lowest BCUT2D eigenvalue weighted by molar-refractivity contribution is -0.199. The van der Waals surface area contributed by atoms with E-state index in [0.29, 0.717) is 37.7 Å². The summed E-state index contributed by atoms with van der Waals surface area (Å²) in [5.74, 6) is -2.49. The molecule has 0 saturated carbocycles. The van der Waals surface area contributed by atoms with E-state index in [2.05, 4.69) is 10.6 Å². The Labute approximate surface area is 203 Å². The number of alkyl carbamates (subject to hydrolysis) is 1. The summed E-state index contributed by atoms with van der Waals surface area (Å²) in [5, 5.41) is 5.53. The van der Waals surface area contributed by atoms with Crippen molar-refractivity contribution in [2.24, 2.45) is 0 Å². The first-order valence-corrected chi connectivity index (χ1v) is 11.3. The van der Waals surface area contributed by atoms with Crippen LogP contribution in [0.15, 0.2) is 30.3 Å². The van der Waals surface area contributed by atoms with Gasteiger partial charge in [0.15, 0.2) is 0 Å². The van der Waals surface area contributed by atoms with Crippen LogP contribution in [-0.2, 0) is 44.8 Å². The third-order valence-corrected chi connectivity index (χ3v) is 4.88. The van der Waals surface area contributed by atoms with E-state index in [0.717, 1.165) is 5.56 Å². The second kappa shape index (κ2) is 15.4. The molecule has 2 rings (SSSR count). The molecule has 1 fully saturated rings. The van der Waals surface area contributed by atoms with Crippen LogP contribution in [0.4, 0.5) is 4.79 Å². The second-order valence-electron chi connectivity index (χ2n) is 7.64. The molecule has 2 N–H and O–H groups in total. The molecular weight excluding hydrogens is 462 g/mol. The zero-order chi connectivity index (χ0) is 25.5. The third-order valence-electron chi connectivity index (χ3n) is 4.88. The van der Waals surface area contributed by atoms with Gasteiger partial charge in [-0.3, -0.25) is 14.4 Å². The number of unbranched alkanes of at least 4 members (excludes halogenated alkanes) is 1. The van der Waals surface area contributed by atoms with Gasteiger partial charge in [0.2, 0.25) is 5.91 Å². The molecule has 1 aromatic carbocycles. The summed E-state index contributed by atoms with van der Waals surface area (Å²) in [4.78, 5) is 65.0. The van der Waals surface area contributed by atoms with Crippen molar-refractivity contribution >= 4 is 29.8 Å². The highest BCUT2D eigenvalue weighted by molar-refractivity contribution is 6.01. The molecule has 1 heterocycles. The summed E-state index contributed by atoms with van der Waals surface area (Å²) in [6.07, 6.45) is 0.115. The summed E-state index contributed by atoms with van der Waals surface area (Å²) >= 11 is 0. The number of rotatable bonds is 15. The minimum Gasteiger partial charge on any atom is -0.445 e. The van der Waals surface area contributed by atoms with Gasteiger partial charge in [-0.25, -0.2) is 9.59 Å². The lowest BCUT2D eigenvalue weighted by Gasteiger charge is -2.20. The summed E-state index contributed by atoms with van der Waals surface area (Å²) in [5.41, 5.74) is 0.761. The predicted octanol–water partition coefficient (Wildman–Crippen LogP) is 0.838. The van der Waals surface area contributed by atoms with Gasteiger partial charge >= 0.3 is 12.1 Å². The Kier molecular flexibility index (Phi) is 12.2. The summed E-state index contributed by atoms with van der Waals surface area (Å²) in [6, 6.07) is 7.82. The van der Waals surface area contributed by atoms with Crippen LogP contribution in [0.5, 0.6) is 0 Å². The quantitative estimate of drug-likeness (QED) is 0.268. The Hall–Kier alpha value is -3.51. The largest absolute Gasteiger partial charge is 0.445 e. The lowest BCUT2D eigenvalue weighted by Crippen LogP contribution is -2.45. The highest BCUT2D eigenvalue weighted by Crippen LogP contribution is 2.14. The molecule has 35 heavy (non-hydrogen) atoms. The van der Waals surface area contributed by atoms with E-state index < -0.39 is 29.9 Å². The van der Waals surface area contributed by atoms with Crippen molar-refractivity contribution in [3.8, 4) is 0 Å². The average molecular weight is 494 g/mol. The molecule has 1 saturated heterocycles. The number of hydroxylamine groups is 2. The Morgan fingerprint density at radius 1 is 1.03 bits per heavy atom. The Bertz CT molecular complexity index is 847. The summed E-state index contributed by atoms with van der Waals surface area (Å²) in [6.45, 7) is 0.929. The third kappa shape index (κ3) is 10.5. The number of ether oxygens (including phenoxy) is 3. The highest BCUT2D eigenvalue weighted by Gasteiger charge is 2.35. The number of methoxy groups -OCH3 is 1. The lowest BCUT2D eigenvalue weighted by atomic mass is 10.1. The topological polar surface area (TPSA) is 150 Å². The fraction of sp³-hybridized carbons (Fsp3) is 0.522. The van der Waals surface area contributed by atoms with Crippen molar-refractivity contribution in [2.75, 3.05) is 33.5 Å². The van der Waals surface area contributed by atoms with Gasteiger partial charge in [0.1, 0.15) is 19.3 Å². The first-order chi connectivity index (χ1) is 16.9. The van der Waals surface area contributed by atoms with Gasteiger partial charge in [-0.1, -0.05) is 30.3 Å². The number of carbonyl (C=O) groups excluding carboxylic acids is 5. The van der Waals surface area contributed by atoms with Crippen LogP contribution in [0.25, 0.3) is 0 Å². The molecule has 1 aliphatic rings. The van der Waals surface area contributed by atoms with Crippen molar-refractivity contribution in [2.45, 2.75) is 44.8 Å². The predicted molar refractivity (Wildman–Crippen MR) is 120 cm³/mol. The van der Waals surface area contributed by atoms with Crippen LogP contribution in [-0.4, -0.2) is 74.4 Å². The molecule has 12 nitrogen and oxygen atoms in total. The van der Waals surface area contributed by atoms with Gasteiger partial charge < -0.3 is 29.7 Å². The Balaban J connectivity index is 1.81. The number of hydrogen-bond donors (Lipinski definition) is 2. The van der Waals surface area contributed by atoms with E-state index in [9.17, 15) is 24.0 Å². The summed E-state index contributed by atoms with van der Waals surface area (Å²) < 4.78 is 15.1. The van der Waals surface area contributed by atoms with E-state index >= 15 is 0 Å². The van der Waals surface area contributed by atoms with Crippen molar-refractivity contribution < 1.29 is 43.0 Å². The maximum absolute atomic E-state index is 12.6. The van der Waals surface area contributed by atoms with Crippen LogP contribution in [0.3, 0.4) is 0 Å². The average Bonchev–Trinajstić information content (AvgIpc) is 3.17. The fourth-order valence-electron chi connectivity index (χ4n) is 3.03. The Morgan fingerprint density at radius 2 is 1.74 bits per heavy atom. The molecule has 0 aromatic heterocycles. The van der Waals surface area contributed by atoms with Crippen LogP contribution in [0, 0.1) is 0 Å². The fourth-order valence-corrected chi connectivity index (χ4v) is 3.03. The molecule has 0 spiro atoms. The zero-order valence-corrected chi connectivity index (χ0v) is 19.7. The van der Waals surface area contributed by atoms with E-state index in [1.807, 2.05) is 6.07 Å². The highest BCUT2D eigenvalue weighted by atomic mass is 16.7. The second-order valence-corrected chi connectivity index (χ2v) is 7.64. The number of hydrogen-bond acceptors (Lipinski definition) is 9.